The number of benzene rings is 1. The van der Waals surface area contributed by atoms with Crippen molar-refractivity contribution < 1.29 is 4.79 Å². The molecule has 0 aromatic heterocycles. The fraction of sp³-hybridized carbons (Fsp3) is 0.500. The Bertz CT molecular complexity index is 463. The van der Waals surface area contributed by atoms with E-state index in [9.17, 15) is 4.79 Å². The number of carbonyl (C=O) groups is 1. The third-order valence-electron chi connectivity index (χ3n) is 3.57. The molecule has 1 fully saturated rings. The van der Waals surface area contributed by atoms with Crippen LogP contribution in [0.1, 0.15) is 37.0 Å². The van der Waals surface area contributed by atoms with Crippen molar-refractivity contribution in [3.63, 3.8) is 0 Å². The zero-order valence-corrected chi connectivity index (χ0v) is 13.0. The number of hydrogen-bond acceptors (Lipinski definition) is 1. The third-order valence-corrected chi connectivity index (χ3v) is 4.37. The second kappa shape index (κ2) is 5.22. The fourth-order valence-electron chi connectivity index (χ4n) is 2.15. The van der Waals surface area contributed by atoms with Crippen molar-refractivity contribution in [3.05, 3.63) is 33.3 Å². The molecule has 18 heavy (non-hydrogen) atoms. The van der Waals surface area contributed by atoms with Crippen LogP contribution in [0.15, 0.2) is 22.7 Å². The first kappa shape index (κ1) is 13.9. The summed E-state index contributed by atoms with van der Waals surface area (Å²) in [4.78, 5) is 14.3. The van der Waals surface area contributed by atoms with Gasteiger partial charge in [-0.25, -0.2) is 0 Å². The molecular formula is C14H17BrClNO. The second-order valence-electron chi connectivity index (χ2n) is 5.58. The molecule has 1 amide bonds. The van der Waals surface area contributed by atoms with E-state index < -0.39 is 0 Å². The summed E-state index contributed by atoms with van der Waals surface area (Å²) in [5.74, 6) is 0.0444. The maximum Gasteiger partial charge on any atom is 0.255 e. The molecule has 4 heteroatoms. The van der Waals surface area contributed by atoms with Gasteiger partial charge in [-0.1, -0.05) is 41.4 Å². The molecule has 0 radical (unpaired) electrons. The highest BCUT2D eigenvalue weighted by molar-refractivity contribution is 9.10. The van der Waals surface area contributed by atoms with Gasteiger partial charge < -0.3 is 4.90 Å². The largest absolute Gasteiger partial charge is 0.339 e. The Balaban J connectivity index is 2.13. The molecule has 0 saturated carbocycles. The summed E-state index contributed by atoms with van der Waals surface area (Å²) in [6.45, 7) is 6.14. The molecule has 1 aliphatic heterocycles. The van der Waals surface area contributed by atoms with E-state index in [0.29, 0.717) is 16.0 Å². The smallest absolute Gasteiger partial charge is 0.255 e. The van der Waals surface area contributed by atoms with Crippen LogP contribution in [0, 0.1) is 5.41 Å². The highest BCUT2D eigenvalue weighted by Gasteiger charge is 2.28. The molecule has 0 unspecified atom stereocenters. The first-order chi connectivity index (χ1) is 8.39. The summed E-state index contributed by atoms with van der Waals surface area (Å²) in [7, 11) is 0. The highest BCUT2D eigenvalue weighted by atomic mass is 79.9. The molecule has 0 atom stereocenters. The normalized spacial score (nSPS) is 18.8. The molecule has 1 saturated heterocycles. The van der Waals surface area contributed by atoms with Crippen LogP contribution in [-0.4, -0.2) is 23.9 Å². The molecule has 1 aromatic carbocycles. The van der Waals surface area contributed by atoms with E-state index in [1.807, 2.05) is 11.0 Å². The van der Waals surface area contributed by atoms with Gasteiger partial charge in [0.15, 0.2) is 0 Å². The second-order valence-corrected chi connectivity index (χ2v) is 6.90. The van der Waals surface area contributed by atoms with Gasteiger partial charge in [-0.15, -0.1) is 0 Å². The van der Waals surface area contributed by atoms with Crippen LogP contribution in [-0.2, 0) is 0 Å². The van der Waals surface area contributed by atoms with Crippen molar-refractivity contribution in [2.24, 2.45) is 5.41 Å². The summed E-state index contributed by atoms with van der Waals surface area (Å²) < 4.78 is 0.892. The number of piperidine rings is 1. The van der Waals surface area contributed by atoms with Crippen molar-refractivity contribution in [2.45, 2.75) is 26.7 Å². The average molecular weight is 331 g/mol. The third kappa shape index (κ3) is 3.07. The molecule has 0 aliphatic carbocycles. The van der Waals surface area contributed by atoms with Crippen LogP contribution < -0.4 is 0 Å². The van der Waals surface area contributed by atoms with Gasteiger partial charge in [0.1, 0.15) is 0 Å². The monoisotopic (exact) mass is 329 g/mol. The van der Waals surface area contributed by atoms with Crippen molar-refractivity contribution in [2.75, 3.05) is 13.1 Å². The zero-order chi connectivity index (χ0) is 13.3. The minimum absolute atomic E-state index is 0.0444. The Morgan fingerprint density at radius 1 is 1.33 bits per heavy atom. The van der Waals surface area contributed by atoms with Gasteiger partial charge in [-0.3, -0.25) is 4.79 Å². The van der Waals surface area contributed by atoms with Crippen molar-refractivity contribution >= 4 is 33.4 Å². The number of nitrogens with zero attached hydrogens (tertiary/aromatic N) is 1. The molecular weight excluding hydrogens is 314 g/mol. The standard InChI is InChI=1S/C14H17BrClNO/c1-14(2)5-7-17(8-6-14)13(18)11-4-3-10(15)9-12(11)16/h3-4,9H,5-8H2,1-2H3. The SMILES string of the molecule is CC1(C)CCN(C(=O)c2ccc(Br)cc2Cl)CC1. The van der Waals surface area contributed by atoms with Crippen molar-refractivity contribution in [1.29, 1.82) is 0 Å². The predicted molar refractivity (Wildman–Crippen MR) is 78.1 cm³/mol. The summed E-state index contributed by atoms with van der Waals surface area (Å²) in [6.07, 6.45) is 2.10. The minimum Gasteiger partial charge on any atom is -0.339 e. The molecule has 2 rings (SSSR count). The van der Waals surface area contributed by atoms with Gasteiger partial charge >= 0.3 is 0 Å². The van der Waals surface area contributed by atoms with Crippen molar-refractivity contribution in [1.82, 2.24) is 4.90 Å². The minimum atomic E-state index is 0.0444. The van der Waals surface area contributed by atoms with Crippen LogP contribution in [0.25, 0.3) is 0 Å². The molecule has 1 aromatic rings. The highest BCUT2D eigenvalue weighted by Crippen LogP contribution is 2.31. The van der Waals surface area contributed by atoms with Gasteiger partial charge in [0.05, 0.1) is 10.6 Å². The maximum atomic E-state index is 12.4. The van der Waals surface area contributed by atoms with E-state index in [-0.39, 0.29) is 5.91 Å². The number of amides is 1. The number of carbonyl (C=O) groups excluding carboxylic acids is 1. The number of halogens is 2. The molecule has 1 heterocycles. The zero-order valence-electron chi connectivity index (χ0n) is 10.7. The topological polar surface area (TPSA) is 20.3 Å². The average Bonchev–Trinajstić information content (AvgIpc) is 2.28. The van der Waals surface area contributed by atoms with Gasteiger partial charge in [0.2, 0.25) is 0 Å². The van der Waals surface area contributed by atoms with Crippen molar-refractivity contribution in [3.8, 4) is 0 Å². The van der Waals surface area contributed by atoms with Gasteiger partial charge in [0.25, 0.3) is 5.91 Å². The number of likely N-dealkylation sites (tertiary alicyclic amines) is 1. The lowest BCUT2D eigenvalue weighted by molar-refractivity contribution is 0.0630. The molecule has 0 N–H and O–H groups in total. The van der Waals surface area contributed by atoms with E-state index in [4.69, 9.17) is 11.6 Å². The summed E-state index contributed by atoms with van der Waals surface area (Å²) in [6, 6.07) is 5.41. The Morgan fingerprint density at radius 2 is 1.94 bits per heavy atom. The Morgan fingerprint density at radius 3 is 2.50 bits per heavy atom. The van der Waals surface area contributed by atoms with E-state index in [2.05, 4.69) is 29.8 Å². The van der Waals surface area contributed by atoms with Gasteiger partial charge in [-0.05, 0) is 36.5 Å². The van der Waals surface area contributed by atoms with Crippen LogP contribution >= 0.6 is 27.5 Å². The first-order valence-corrected chi connectivity index (χ1v) is 7.30. The molecule has 0 bridgehead atoms. The molecule has 2 nitrogen and oxygen atoms in total. The Kier molecular flexibility index (Phi) is 4.02. The summed E-state index contributed by atoms with van der Waals surface area (Å²) in [5.41, 5.74) is 0.944. The Labute approximate surface area is 121 Å². The summed E-state index contributed by atoms with van der Waals surface area (Å²) >= 11 is 9.47. The maximum absolute atomic E-state index is 12.4. The summed E-state index contributed by atoms with van der Waals surface area (Å²) in [5, 5.41) is 0.513. The van der Waals surface area contributed by atoms with E-state index in [0.717, 1.165) is 30.4 Å². The predicted octanol–water partition coefficient (Wildman–Crippen LogP) is 4.36. The number of rotatable bonds is 1. The lowest BCUT2D eigenvalue weighted by atomic mass is 9.82. The van der Waals surface area contributed by atoms with Gasteiger partial charge in [0, 0.05) is 17.6 Å². The number of hydrogen-bond donors (Lipinski definition) is 0. The molecule has 98 valence electrons. The molecule has 1 aliphatic rings. The lowest BCUT2D eigenvalue weighted by Crippen LogP contribution is -2.41. The van der Waals surface area contributed by atoms with Crippen LogP contribution in [0.3, 0.4) is 0 Å². The van der Waals surface area contributed by atoms with E-state index >= 15 is 0 Å². The fourth-order valence-corrected chi connectivity index (χ4v) is 2.90. The quantitative estimate of drug-likeness (QED) is 0.749. The first-order valence-electron chi connectivity index (χ1n) is 6.13. The van der Waals surface area contributed by atoms with E-state index in [1.165, 1.54) is 0 Å². The Hall–Kier alpha value is -0.540. The van der Waals surface area contributed by atoms with Crippen LogP contribution in [0.4, 0.5) is 0 Å². The lowest BCUT2D eigenvalue weighted by Gasteiger charge is -2.37. The van der Waals surface area contributed by atoms with Crippen LogP contribution in [0.5, 0.6) is 0 Å². The van der Waals surface area contributed by atoms with Gasteiger partial charge in [-0.2, -0.15) is 0 Å². The van der Waals surface area contributed by atoms with Crippen LogP contribution in [0.2, 0.25) is 5.02 Å². The molecule has 0 spiro atoms. The van der Waals surface area contributed by atoms with E-state index in [1.54, 1.807) is 12.1 Å².